The number of rotatable bonds is 1. The molecule has 0 spiro atoms. The first-order chi connectivity index (χ1) is 9.36. The second-order valence-electron chi connectivity index (χ2n) is 5.89. The smallest absolute Gasteiger partial charge is 0.297 e. The highest BCUT2D eigenvalue weighted by Crippen LogP contribution is 2.39. The third-order valence-electron chi connectivity index (χ3n) is 4.66. The van der Waals surface area contributed by atoms with Crippen molar-refractivity contribution in [2.45, 2.75) is 44.4 Å². The Kier molecular flexibility index (Phi) is 3.16. The van der Waals surface area contributed by atoms with Gasteiger partial charge in [-0.05, 0) is 56.0 Å². The molecule has 108 valence electrons. The van der Waals surface area contributed by atoms with Gasteiger partial charge < -0.3 is 0 Å². The van der Waals surface area contributed by atoms with Gasteiger partial charge in [0, 0.05) is 12.1 Å². The summed E-state index contributed by atoms with van der Waals surface area (Å²) in [6.07, 6.45) is 0.981. The topological polar surface area (TPSA) is 3.24 Å². The van der Waals surface area contributed by atoms with Crippen molar-refractivity contribution < 1.29 is 13.2 Å². The molecule has 1 saturated heterocycles. The number of hydrogen-bond donors (Lipinski definition) is 0. The van der Waals surface area contributed by atoms with Gasteiger partial charge in [0.15, 0.2) is 0 Å². The average molecular weight is 281 g/mol. The van der Waals surface area contributed by atoms with Gasteiger partial charge in [-0.2, -0.15) is 13.2 Å². The zero-order valence-corrected chi connectivity index (χ0v) is 11.7. The minimum absolute atomic E-state index is 0.290. The molecular formula is C16H18F3N. The van der Waals surface area contributed by atoms with E-state index in [9.17, 15) is 13.2 Å². The van der Waals surface area contributed by atoms with E-state index in [2.05, 4.69) is 18.0 Å². The minimum Gasteiger partial charge on any atom is -0.297 e. The van der Waals surface area contributed by atoms with Gasteiger partial charge in [0.05, 0.1) is 5.56 Å². The Balaban J connectivity index is 1.98. The number of likely N-dealkylation sites (N-methyl/N-ethyl adjacent to an activating group) is 1. The van der Waals surface area contributed by atoms with Crippen LogP contribution in [0.3, 0.4) is 0 Å². The molecule has 2 unspecified atom stereocenters. The molecule has 3 rings (SSSR count). The van der Waals surface area contributed by atoms with Crippen molar-refractivity contribution in [3.05, 3.63) is 41.0 Å². The lowest BCUT2D eigenvalue weighted by Crippen LogP contribution is -2.34. The minimum atomic E-state index is -4.27. The van der Waals surface area contributed by atoms with E-state index < -0.39 is 11.7 Å². The fraction of sp³-hybridized carbons (Fsp3) is 0.500. The van der Waals surface area contributed by atoms with Gasteiger partial charge in [0.1, 0.15) is 0 Å². The fourth-order valence-corrected chi connectivity index (χ4v) is 3.38. The van der Waals surface area contributed by atoms with Gasteiger partial charge in [-0.25, -0.2) is 0 Å². The quantitative estimate of drug-likeness (QED) is 0.743. The second kappa shape index (κ2) is 4.62. The van der Waals surface area contributed by atoms with Gasteiger partial charge >= 0.3 is 6.18 Å². The summed E-state index contributed by atoms with van der Waals surface area (Å²) in [7, 11) is 2.10. The molecule has 0 amide bonds. The van der Waals surface area contributed by atoms with Crippen molar-refractivity contribution in [2.24, 2.45) is 0 Å². The lowest BCUT2D eigenvalue weighted by molar-refractivity contribution is -0.138. The van der Waals surface area contributed by atoms with Gasteiger partial charge in [-0.15, -0.1) is 0 Å². The molecule has 1 aromatic rings. The summed E-state index contributed by atoms with van der Waals surface area (Å²) in [6, 6.07) is 5.58. The Morgan fingerprint density at radius 2 is 1.95 bits per heavy atom. The van der Waals surface area contributed by atoms with Crippen molar-refractivity contribution in [2.75, 3.05) is 7.05 Å². The van der Waals surface area contributed by atoms with Crippen LogP contribution in [0.4, 0.5) is 13.2 Å². The summed E-state index contributed by atoms with van der Waals surface area (Å²) >= 11 is 0. The number of halogens is 3. The predicted octanol–water partition coefficient (Wildman–Crippen LogP) is 4.26. The van der Waals surface area contributed by atoms with Crippen molar-refractivity contribution in [3.8, 4) is 0 Å². The molecule has 0 aromatic heterocycles. The van der Waals surface area contributed by atoms with Crippen molar-refractivity contribution >= 4 is 5.57 Å². The van der Waals surface area contributed by atoms with Crippen LogP contribution in [-0.2, 0) is 6.18 Å². The second-order valence-corrected chi connectivity index (χ2v) is 5.89. The maximum Gasteiger partial charge on any atom is 0.416 e. The maximum atomic E-state index is 13.0. The summed E-state index contributed by atoms with van der Waals surface area (Å²) in [5, 5.41) is 0. The van der Waals surface area contributed by atoms with Crippen LogP contribution in [0.5, 0.6) is 0 Å². The molecule has 0 radical (unpaired) electrons. The van der Waals surface area contributed by atoms with Crippen molar-refractivity contribution in [1.29, 1.82) is 0 Å². The fourth-order valence-electron chi connectivity index (χ4n) is 3.38. The van der Waals surface area contributed by atoms with Crippen LogP contribution in [0.15, 0.2) is 24.3 Å². The summed E-state index contributed by atoms with van der Waals surface area (Å²) < 4.78 is 39.0. The number of nitrogens with zero attached hydrogens (tertiary/aromatic N) is 1. The van der Waals surface area contributed by atoms with Crippen LogP contribution in [0.1, 0.15) is 36.0 Å². The molecule has 0 saturated carbocycles. The standard InChI is InChI=1S/C16H18F3N/c1-10-3-4-11(9-15(10)16(17,18)19)12-7-13-5-6-14(8-12)20(13)2/h3-4,7,9,13-14H,5-6,8H2,1-2H3. The predicted molar refractivity (Wildman–Crippen MR) is 73.3 cm³/mol. The van der Waals surface area contributed by atoms with Gasteiger partial charge in [0.2, 0.25) is 0 Å². The van der Waals surface area contributed by atoms with Gasteiger partial charge in [-0.1, -0.05) is 18.2 Å². The summed E-state index contributed by atoms with van der Waals surface area (Å²) in [6.45, 7) is 1.51. The molecule has 1 aromatic carbocycles. The van der Waals surface area contributed by atoms with E-state index in [1.165, 1.54) is 13.0 Å². The zero-order valence-electron chi connectivity index (χ0n) is 11.7. The highest BCUT2D eigenvalue weighted by atomic mass is 19.4. The number of alkyl halides is 3. The first-order valence-electron chi connectivity index (χ1n) is 6.97. The maximum absolute atomic E-state index is 13.0. The lowest BCUT2D eigenvalue weighted by atomic mass is 9.92. The van der Waals surface area contributed by atoms with Crippen molar-refractivity contribution in [3.63, 3.8) is 0 Å². The van der Waals surface area contributed by atoms with Gasteiger partial charge in [0.25, 0.3) is 0 Å². The largest absolute Gasteiger partial charge is 0.416 e. The normalized spacial score (nSPS) is 26.8. The zero-order chi connectivity index (χ0) is 14.5. The molecule has 2 bridgehead atoms. The van der Waals surface area contributed by atoms with E-state index in [1.807, 2.05) is 6.07 Å². The van der Waals surface area contributed by atoms with Gasteiger partial charge in [-0.3, -0.25) is 4.90 Å². The van der Waals surface area contributed by atoms with Crippen LogP contribution in [0, 0.1) is 6.92 Å². The van der Waals surface area contributed by atoms with E-state index in [-0.39, 0.29) is 5.56 Å². The molecule has 1 nitrogen and oxygen atoms in total. The molecule has 4 heteroatoms. The van der Waals surface area contributed by atoms with E-state index in [4.69, 9.17) is 0 Å². The van der Waals surface area contributed by atoms with E-state index in [0.717, 1.165) is 30.4 Å². The lowest BCUT2D eigenvalue weighted by Gasteiger charge is -2.30. The highest BCUT2D eigenvalue weighted by molar-refractivity contribution is 5.69. The first-order valence-corrected chi connectivity index (χ1v) is 6.97. The molecular weight excluding hydrogens is 263 g/mol. The van der Waals surface area contributed by atoms with Crippen LogP contribution in [-0.4, -0.2) is 24.0 Å². The SMILES string of the molecule is Cc1ccc(C2=CC3CCC(C2)N3C)cc1C(F)(F)F. The van der Waals surface area contributed by atoms with Crippen LogP contribution >= 0.6 is 0 Å². The number of benzene rings is 1. The van der Waals surface area contributed by atoms with Crippen molar-refractivity contribution in [1.82, 2.24) is 4.90 Å². The third kappa shape index (κ3) is 2.26. The molecule has 1 fully saturated rings. The number of hydrogen-bond acceptors (Lipinski definition) is 1. The first kappa shape index (κ1) is 13.7. The van der Waals surface area contributed by atoms with Crippen LogP contribution in [0.25, 0.3) is 5.57 Å². The Morgan fingerprint density at radius 3 is 2.60 bits per heavy atom. The molecule has 0 N–H and O–H groups in total. The number of fused-ring (bicyclic) bond motifs is 2. The van der Waals surface area contributed by atoms with Crippen LogP contribution in [0.2, 0.25) is 0 Å². The Hall–Kier alpha value is -1.29. The number of aryl methyl sites for hydroxylation is 1. The molecule has 2 heterocycles. The Morgan fingerprint density at radius 1 is 1.20 bits per heavy atom. The molecule has 2 aliphatic heterocycles. The monoisotopic (exact) mass is 281 g/mol. The van der Waals surface area contributed by atoms with E-state index in [0.29, 0.717) is 12.1 Å². The summed E-state index contributed by atoms with van der Waals surface area (Å²) in [5.41, 5.74) is 1.58. The average Bonchev–Trinajstić information content (AvgIpc) is 2.61. The summed E-state index contributed by atoms with van der Waals surface area (Å²) in [5.74, 6) is 0. The Labute approximate surface area is 117 Å². The van der Waals surface area contributed by atoms with E-state index in [1.54, 1.807) is 6.07 Å². The van der Waals surface area contributed by atoms with Crippen LogP contribution < -0.4 is 0 Å². The molecule has 2 atom stereocenters. The molecule has 20 heavy (non-hydrogen) atoms. The van der Waals surface area contributed by atoms with E-state index >= 15 is 0 Å². The Bertz CT molecular complexity index is 559. The summed E-state index contributed by atoms with van der Waals surface area (Å²) in [4.78, 5) is 2.34. The molecule has 0 aliphatic carbocycles. The molecule has 2 aliphatic rings. The highest BCUT2D eigenvalue weighted by Gasteiger charge is 2.36. The third-order valence-corrected chi connectivity index (χ3v) is 4.66.